The Balaban J connectivity index is 1.63. The van der Waals surface area contributed by atoms with E-state index in [0.717, 1.165) is 29.9 Å². The quantitative estimate of drug-likeness (QED) is 0.552. The van der Waals surface area contributed by atoms with Crippen molar-refractivity contribution in [2.24, 2.45) is 5.92 Å². The van der Waals surface area contributed by atoms with Crippen LogP contribution in [0.4, 0.5) is 0 Å². The van der Waals surface area contributed by atoms with E-state index in [-0.39, 0.29) is 11.7 Å². The molecule has 0 N–H and O–H groups in total. The van der Waals surface area contributed by atoms with Crippen molar-refractivity contribution >= 4 is 5.76 Å². The maximum absolute atomic E-state index is 6.57. The predicted octanol–water partition coefficient (Wildman–Crippen LogP) is 6.23. The summed E-state index contributed by atoms with van der Waals surface area (Å²) in [6, 6.07) is 20.7. The lowest BCUT2D eigenvalue weighted by Crippen LogP contribution is -2.58. The number of hydrogen-bond donors (Lipinski definition) is 0. The van der Waals surface area contributed by atoms with E-state index in [2.05, 4.69) is 49.4 Å². The second-order valence-corrected chi connectivity index (χ2v) is 7.54. The highest BCUT2D eigenvalue weighted by Gasteiger charge is 2.55. The van der Waals surface area contributed by atoms with E-state index in [0.29, 0.717) is 5.92 Å². The third-order valence-corrected chi connectivity index (χ3v) is 5.78. The third-order valence-electron chi connectivity index (χ3n) is 5.78. The first-order chi connectivity index (χ1) is 12.8. The molecule has 0 spiro atoms. The van der Waals surface area contributed by atoms with Gasteiger partial charge in [0.25, 0.3) is 0 Å². The zero-order chi connectivity index (χ0) is 17.8. The molecule has 26 heavy (non-hydrogen) atoms. The van der Waals surface area contributed by atoms with Gasteiger partial charge in [0.2, 0.25) is 0 Å². The van der Waals surface area contributed by atoms with Crippen LogP contribution in [0.2, 0.25) is 0 Å². The van der Waals surface area contributed by atoms with Gasteiger partial charge >= 0.3 is 0 Å². The van der Waals surface area contributed by atoms with Crippen molar-refractivity contribution in [3.05, 3.63) is 72.3 Å². The fourth-order valence-corrected chi connectivity index (χ4v) is 4.25. The molecule has 1 saturated carbocycles. The molecule has 1 fully saturated rings. The minimum Gasteiger partial charge on any atom is -0.490 e. The van der Waals surface area contributed by atoms with Gasteiger partial charge in [-0.2, -0.15) is 0 Å². The molecule has 0 aromatic heterocycles. The van der Waals surface area contributed by atoms with Gasteiger partial charge in [0, 0.05) is 17.6 Å². The zero-order valence-electron chi connectivity index (χ0n) is 15.6. The fourth-order valence-electron chi connectivity index (χ4n) is 4.25. The average Bonchev–Trinajstić information content (AvgIpc) is 2.66. The molecule has 2 aromatic rings. The van der Waals surface area contributed by atoms with E-state index in [1.807, 2.05) is 24.3 Å². The van der Waals surface area contributed by atoms with E-state index in [9.17, 15) is 0 Å². The molecule has 2 aliphatic rings. The Kier molecular flexibility index (Phi) is 5.01. The Hall–Kier alpha value is -2.22. The summed E-state index contributed by atoms with van der Waals surface area (Å²) in [7, 11) is 0. The minimum absolute atomic E-state index is 0.221. The Morgan fingerprint density at radius 1 is 1.00 bits per heavy atom. The summed E-state index contributed by atoms with van der Waals surface area (Å²) < 4.78 is 13.1. The molecule has 1 aliphatic carbocycles. The normalized spacial score (nSPS) is 26.9. The summed E-state index contributed by atoms with van der Waals surface area (Å²) >= 11 is 0. The summed E-state index contributed by atoms with van der Waals surface area (Å²) in [4.78, 5) is 0. The maximum atomic E-state index is 6.57. The van der Waals surface area contributed by atoms with Crippen molar-refractivity contribution in [3.8, 4) is 5.75 Å². The van der Waals surface area contributed by atoms with E-state index in [4.69, 9.17) is 9.47 Å². The van der Waals surface area contributed by atoms with Gasteiger partial charge < -0.3 is 9.47 Å². The van der Waals surface area contributed by atoms with Crippen LogP contribution in [0.15, 0.2) is 66.7 Å². The van der Waals surface area contributed by atoms with Gasteiger partial charge in [-0.1, -0.05) is 68.3 Å². The number of para-hydroxylation sites is 1. The third kappa shape index (κ3) is 3.38. The molecule has 0 saturated heterocycles. The molecule has 1 aliphatic heterocycles. The molecule has 1 heterocycles. The predicted molar refractivity (Wildman–Crippen MR) is 106 cm³/mol. The number of fused-ring (bicyclic) bond motifs is 1. The van der Waals surface area contributed by atoms with Crippen LogP contribution >= 0.6 is 0 Å². The van der Waals surface area contributed by atoms with E-state index >= 15 is 0 Å². The molecular weight excluding hydrogens is 320 g/mol. The SMILES string of the molecule is CCCCC[C@@H]1OC(c2ccccc2)=C[C@]2(Oc3ccccc3)CC[C@H]12. The monoisotopic (exact) mass is 348 g/mol. The first kappa shape index (κ1) is 17.2. The summed E-state index contributed by atoms with van der Waals surface area (Å²) in [5.74, 6) is 2.39. The topological polar surface area (TPSA) is 18.5 Å². The lowest BCUT2D eigenvalue weighted by Gasteiger charge is -2.53. The Morgan fingerprint density at radius 3 is 2.38 bits per heavy atom. The van der Waals surface area contributed by atoms with Gasteiger partial charge in [-0.25, -0.2) is 0 Å². The number of unbranched alkanes of at least 4 members (excludes halogenated alkanes) is 2. The van der Waals surface area contributed by atoms with Crippen molar-refractivity contribution in [3.63, 3.8) is 0 Å². The summed E-state index contributed by atoms with van der Waals surface area (Å²) in [5.41, 5.74) is 0.927. The largest absolute Gasteiger partial charge is 0.490 e. The van der Waals surface area contributed by atoms with Crippen molar-refractivity contribution in [1.29, 1.82) is 0 Å². The molecule has 0 bridgehead atoms. The smallest absolute Gasteiger partial charge is 0.137 e. The highest BCUT2D eigenvalue weighted by molar-refractivity contribution is 5.63. The lowest BCUT2D eigenvalue weighted by molar-refractivity contribution is -0.106. The van der Waals surface area contributed by atoms with Crippen molar-refractivity contribution in [2.45, 2.75) is 57.2 Å². The van der Waals surface area contributed by atoms with Crippen LogP contribution in [0.25, 0.3) is 5.76 Å². The Labute approximate surface area is 156 Å². The standard InChI is InChI=1S/C24H28O2/c1-2-3-6-15-22-21-16-17-24(21,26-20-13-9-5-10-14-20)18-23(25-22)19-11-7-4-8-12-19/h4-5,7-14,18,21-22H,2-3,6,15-17H2,1H3/t21-,22+,24-/m1/s1. The van der Waals surface area contributed by atoms with Crippen molar-refractivity contribution < 1.29 is 9.47 Å². The molecule has 0 unspecified atom stereocenters. The Bertz CT molecular complexity index is 737. The second kappa shape index (κ2) is 7.57. The molecule has 0 radical (unpaired) electrons. The fraction of sp³-hybridized carbons (Fsp3) is 0.417. The van der Waals surface area contributed by atoms with Gasteiger partial charge in [0.1, 0.15) is 23.2 Å². The highest BCUT2D eigenvalue weighted by Crippen LogP contribution is 2.52. The lowest BCUT2D eigenvalue weighted by atomic mass is 9.64. The molecule has 136 valence electrons. The van der Waals surface area contributed by atoms with Crippen LogP contribution in [0, 0.1) is 5.92 Å². The van der Waals surface area contributed by atoms with Crippen LogP contribution in [0.1, 0.15) is 51.0 Å². The second-order valence-electron chi connectivity index (χ2n) is 7.54. The molecule has 0 amide bonds. The Morgan fingerprint density at radius 2 is 1.73 bits per heavy atom. The molecular formula is C24H28O2. The van der Waals surface area contributed by atoms with Gasteiger partial charge in [-0.15, -0.1) is 0 Å². The van der Waals surface area contributed by atoms with Gasteiger partial charge in [0.15, 0.2) is 0 Å². The number of benzene rings is 2. The van der Waals surface area contributed by atoms with Crippen LogP contribution in [-0.4, -0.2) is 11.7 Å². The summed E-state index contributed by atoms with van der Waals surface area (Å²) in [6.07, 6.45) is 9.59. The zero-order valence-corrected chi connectivity index (χ0v) is 15.6. The highest BCUT2D eigenvalue weighted by atomic mass is 16.5. The van der Waals surface area contributed by atoms with Crippen molar-refractivity contribution in [2.75, 3.05) is 0 Å². The van der Waals surface area contributed by atoms with Gasteiger partial charge in [0.05, 0.1) is 0 Å². The maximum Gasteiger partial charge on any atom is 0.137 e. The van der Waals surface area contributed by atoms with E-state index in [1.165, 1.54) is 25.7 Å². The number of ether oxygens (including phenoxy) is 2. The average molecular weight is 348 g/mol. The van der Waals surface area contributed by atoms with Crippen molar-refractivity contribution in [1.82, 2.24) is 0 Å². The molecule has 2 heteroatoms. The van der Waals surface area contributed by atoms with Crippen LogP contribution in [0.5, 0.6) is 5.75 Å². The van der Waals surface area contributed by atoms with Crippen LogP contribution in [0.3, 0.4) is 0 Å². The van der Waals surface area contributed by atoms with E-state index < -0.39 is 0 Å². The summed E-state index contributed by atoms with van der Waals surface area (Å²) in [6.45, 7) is 2.25. The summed E-state index contributed by atoms with van der Waals surface area (Å²) in [5, 5.41) is 0. The van der Waals surface area contributed by atoms with Gasteiger partial charge in [-0.05, 0) is 37.8 Å². The van der Waals surface area contributed by atoms with Gasteiger partial charge in [-0.3, -0.25) is 0 Å². The van der Waals surface area contributed by atoms with Crippen LogP contribution in [-0.2, 0) is 4.74 Å². The van der Waals surface area contributed by atoms with Crippen LogP contribution < -0.4 is 4.74 Å². The molecule has 4 rings (SSSR count). The molecule has 3 atom stereocenters. The van der Waals surface area contributed by atoms with E-state index in [1.54, 1.807) is 0 Å². The minimum atomic E-state index is -0.221. The number of hydrogen-bond acceptors (Lipinski definition) is 2. The molecule has 2 nitrogen and oxygen atoms in total. The number of rotatable bonds is 7. The molecule has 2 aromatic carbocycles. The first-order valence-corrected chi connectivity index (χ1v) is 10.00. The first-order valence-electron chi connectivity index (χ1n) is 10.00.